The molecular weight excluding hydrogens is 480 g/mol. The molecule has 0 unspecified atom stereocenters. The molecule has 2 atom stereocenters. The first-order valence-electron chi connectivity index (χ1n) is 12.6. The summed E-state index contributed by atoms with van der Waals surface area (Å²) in [7, 11) is 0. The smallest absolute Gasteiger partial charge is 0.262 e. The van der Waals surface area contributed by atoms with Gasteiger partial charge in [-0.15, -0.1) is 0 Å². The fourth-order valence-electron chi connectivity index (χ4n) is 4.76. The Morgan fingerprint density at radius 3 is 2.41 bits per heavy atom. The number of hydrogen-bond donors (Lipinski definition) is 1. The van der Waals surface area contributed by atoms with Gasteiger partial charge in [0.15, 0.2) is 5.17 Å². The number of nitrogens with zero attached hydrogens (tertiary/aromatic N) is 3. The van der Waals surface area contributed by atoms with E-state index < -0.39 is 5.25 Å². The number of aryl methyl sites for hydroxylation is 3. The highest BCUT2D eigenvalue weighted by Crippen LogP contribution is 2.38. The van der Waals surface area contributed by atoms with Crippen molar-refractivity contribution in [3.05, 3.63) is 101 Å². The van der Waals surface area contributed by atoms with Crippen LogP contribution in [-0.2, 0) is 16.0 Å². The van der Waals surface area contributed by atoms with Crippen molar-refractivity contribution in [3.8, 4) is 0 Å². The Balaban J connectivity index is 1.34. The quantitative estimate of drug-likeness (QED) is 0.439. The van der Waals surface area contributed by atoms with Crippen LogP contribution in [0.25, 0.3) is 0 Å². The Hall–Kier alpha value is -3.71. The molecular formula is C30H30N4O2S. The van der Waals surface area contributed by atoms with Gasteiger partial charge in [0.2, 0.25) is 5.91 Å². The lowest BCUT2D eigenvalue weighted by Gasteiger charge is -2.23. The summed E-state index contributed by atoms with van der Waals surface area (Å²) in [5, 5.41) is 9.70. The lowest BCUT2D eigenvalue weighted by atomic mass is 9.97. The fourth-order valence-corrected chi connectivity index (χ4v) is 5.82. The number of carbonyl (C=O) groups is 2. The van der Waals surface area contributed by atoms with Crippen molar-refractivity contribution >= 4 is 40.1 Å². The van der Waals surface area contributed by atoms with Gasteiger partial charge < -0.3 is 5.32 Å². The van der Waals surface area contributed by atoms with Crippen LogP contribution in [0.3, 0.4) is 0 Å². The second kappa shape index (κ2) is 10.7. The van der Waals surface area contributed by atoms with E-state index in [0.29, 0.717) is 11.6 Å². The first kappa shape index (κ1) is 25.0. The van der Waals surface area contributed by atoms with Crippen molar-refractivity contribution in [2.24, 2.45) is 10.1 Å². The van der Waals surface area contributed by atoms with E-state index >= 15 is 0 Å². The minimum absolute atomic E-state index is 0.0580. The third-order valence-corrected chi connectivity index (χ3v) is 7.73. The second-order valence-corrected chi connectivity index (χ2v) is 10.7. The maximum absolute atomic E-state index is 12.9. The van der Waals surface area contributed by atoms with Crippen molar-refractivity contribution in [2.75, 3.05) is 5.32 Å². The number of thioether (sulfide) groups is 1. The van der Waals surface area contributed by atoms with Gasteiger partial charge in [0.1, 0.15) is 5.25 Å². The number of hydrazone groups is 1. The van der Waals surface area contributed by atoms with Crippen LogP contribution in [0.5, 0.6) is 0 Å². The van der Waals surface area contributed by atoms with Crippen molar-refractivity contribution in [3.63, 3.8) is 0 Å². The average Bonchev–Trinajstić information content (AvgIpc) is 3.48. The minimum atomic E-state index is -0.569. The van der Waals surface area contributed by atoms with Crippen molar-refractivity contribution < 1.29 is 9.59 Å². The van der Waals surface area contributed by atoms with Crippen molar-refractivity contribution in [1.82, 2.24) is 5.01 Å². The summed E-state index contributed by atoms with van der Waals surface area (Å²) >= 11 is 1.32. The van der Waals surface area contributed by atoms with Crippen molar-refractivity contribution in [2.45, 2.75) is 51.3 Å². The van der Waals surface area contributed by atoms with Gasteiger partial charge in [-0.2, -0.15) is 10.1 Å². The maximum Gasteiger partial charge on any atom is 0.262 e. The number of rotatable bonds is 6. The van der Waals surface area contributed by atoms with E-state index in [4.69, 9.17) is 5.10 Å². The van der Waals surface area contributed by atoms with Gasteiger partial charge in [-0.25, -0.2) is 5.01 Å². The van der Waals surface area contributed by atoms with E-state index in [2.05, 4.69) is 59.7 Å². The number of amides is 2. The van der Waals surface area contributed by atoms with Crippen LogP contribution in [-0.4, -0.2) is 33.0 Å². The fraction of sp³-hybridized carbons (Fsp3) is 0.267. The molecule has 3 aromatic carbocycles. The Bertz CT molecular complexity index is 1360. The Morgan fingerprint density at radius 1 is 1.03 bits per heavy atom. The molecule has 0 bridgehead atoms. The summed E-state index contributed by atoms with van der Waals surface area (Å²) in [4.78, 5) is 30.0. The molecule has 188 valence electrons. The SMILES string of the molecule is CCc1ccc([C@@H]2CC(c3ccccc3)=NN2C2=NC(=O)[C@H](CC(=O)Nc3cc(C)cc(C)c3)S2)cc1. The van der Waals surface area contributed by atoms with Gasteiger partial charge in [0.25, 0.3) is 5.91 Å². The Labute approximate surface area is 221 Å². The molecule has 7 heteroatoms. The predicted octanol–water partition coefficient (Wildman–Crippen LogP) is 6.04. The number of amidine groups is 1. The predicted molar refractivity (Wildman–Crippen MR) is 151 cm³/mol. The van der Waals surface area contributed by atoms with Crippen LogP contribution in [0.1, 0.15) is 53.6 Å². The van der Waals surface area contributed by atoms with Gasteiger partial charge in [0, 0.05) is 18.5 Å². The van der Waals surface area contributed by atoms with E-state index in [1.165, 1.54) is 17.3 Å². The molecule has 0 radical (unpaired) electrons. The zero-order valence-corrected chi connectivity index (χ0v) is 22.1. The summed E-state index contributed by atoms with van der Waals surface area (Å²) < 4.78 is 0. The minimum Gasteiger partial charge on any atom is -0.326 e. The molecule has 0 aliphatic carbocycles. The average molecular weight is 511 g/mol. The standard InChI is InChI=1S/C30H30N4O2S/c1-4-21-10-12-23(13-11-21)26-17-25(22-8-6-5-7-9-22)33-34(26)30-32-29(36)27(37-30)18-28(35)31-24-15-19(2)14-20(3)16-24/h5-16,26-27H,4,17-18H2,1-3H3,(H,31,35)/t26-,27-/m0/s1. The molecule has 6 nitrogen and oxygen atoms in total. The van der Waals surface area contributed by atoms with E-state index in [-0.39, 0.29) is 24.3 Å². The summed E-state index contributed by atoms with van der Waals surface area (Å²) in [6.07, 6.45) is 1.74. The van der Waals surface area contributed by atoms with Gasteiger partial charge in [-0.1, -0.05) is 79.3 Å². The van der Waals surface area contributed by atoms with Crippen LogP contribution in [0.4, 0.5) is 5.69 Å². The van der Waals surface area contributed by atoms with Crippen LogP contribution in [0.15, 0.2) is 82.9 Å². The zero-order valence-electron chi connectivity index (χ0n) is 21.3. The van der Waals surface area contributed by atoms with Crippen molar-refractivity contribution in [1.29, 1.82) is 0 Å². The molecule has 2 heterocycles. The molecule has 2 aliphatic rings. The third kappa shape index (κ3) is 5.67. The molecule has 5 rings (SSSR count). The first-order valence-corrected chi connectivity index (χ1v) is 13.5. The molecule has 2 aliphatic heterocycles. The maximum atomic E-state index is 12.9. The molecule has 0 fully saturated rings. The van der Waals surface area contributed by atoms with Crippen LogP contribution in [0.2, 0.25) is 0 Å². The lowest BCUT2D eigenvalue weighted by molar-refractivity contribution is -0.121. The van der Waals surface area contributed by atoms with E-state index in [0.717, 1.165) is 40.1 Å². The number of benzene rings is 3. The van der Waals surface area contributed by atoms with Gasteiger partial charge in [-0.3, -0.25) is 9.59 Å². The normalized spacial score (nSPS) is 19.1. The van der Waals surface area contributed by atoms with Gasteiger partial charge in [-0.05, 0) is 60.2 Å². The van der Waals surface area contributed by atoms with Gasteiger partial charge >= 0.3 is 0 Å². The number of anilines is 1. The number of nitrogens with one attached hydrogen (secondary N) is 1. The number of aliphatic imine (C=N–C) groups is 1. The van der Waals surface area contributed by atoms with E-state index in [9.17, 15) is 9.59 Å². The van der Waals surface area contributed by atoms with Crippen LogP contribution < -0.4 is 5.32 Å². The van der Waals surface area contributed by atoms with E-state index in [1.54, 1.807) is 0 Å². The zero-order chi connectivity index (χ0) is 25.9. The molecule has 37 heavy (non-hydrogen) atoms. The second-order valence-electron chi connectivity index (χ2n) is 9.54. The molecule has 2 amide bonds. The van der Waals surface area contributed by atoms with E-state index in [1.807, 2.05) is 49.2 Å². The van der Waals surface area contributed by atoms with Crippen LogP contribution in [0, 0.1) is 13.8 Å². The highest BCUT2D eigenvalue weighted by molar-refractivity contribution is 8.15. The number of hydrogen-bond acceptors (Lipinski definition) is 5. The highest BCUT2D eigenvalue weighted by Gasteiger charge is 2.39. The molecule has 1 N–H and O–H groups in total. The lowest BCUT2D eigenvalue weighted by Crippen LogP contribution is -2.25. The summed E-state index contributed by atoms with van der Waals surface area (Å²) in [5.74, 6) is -0.493. The van der Waals surface area contributed by atoms with Crippen LogP contribution >= 0.6 is 11.8 Å². The largest absolute Gasteiger partial charge is 0.326 e. The summed E-state index contributed by atoms with van der Waals surface area (Å²) in [6.45, 7) is 6.12. The molecule has 3 aromatic rings. The highest BCUT2D eigenvalue weighted by atomic mass is 32.2. The topological polar surface area (TPSA) is 74.1 Å². The van der Waals surface area contributed by atoms with Gasteiger partial charge in [0.05, 0.1) is 11.8 Å². The number of carbonyl (C=O) groups excluding carboxylic acids is 2. The Kier molecular flexibility index (Phi) is 7.24. The monoisotopic (exact) mass is 510 g/mol. The molecule has 0 saturated heterocycles. The summed E-state index contributed by atoms with van der Waals surface area (Å²) in [5.41, 5.74) is 7.30. The molecule has 0 saturated carbocycles. The third-order valence-electron chi connectivity index (χ3n) is 6.59. The first-order chi connectivity index (χ1) is 17.9. The Morgan fingerprint density at radius 2 is 1.73 bits per heavy atom. The molecule has 0 spiro atoms. The summed E-state index contributed by atoms with van der Waals surface area (Å²) in [6, 6.07) is 24.5. The molecule has 0 aromatic heterocycles.